The Morgan fingerprint density at radius 2 is 1.74 bits per heavy atom. The summed E-state index contributed by atoms with van der Waals surface area (Å²) in [7, 11) is 0. The lowest BCUT2D eigenvalue weighted by molar-refractivity contribution is 0.0956. The second-order valence-corrected chi connectivity index (χ2v) is 8.94. The van der Waals surface area contributed by atoms with E-state index in [0.29, 0.717) is 35.6 Å². The second-order valence-electron chi connectivity index (χ2n) is 8.94. The van der Waals surface area contributed by atoms with Crippen molar-refractivity contribution in [2.75, 3.05) is 30.3 Å². The third kappa shape index (κ3) is 6.43. The first-order valence-electron chi connectivity index (χ1n) is 12.9. The molecule has 4 N–H and O–H groups in total. The molecule has 0 atom stereocenters. The lowest BCUT2D eigenvalue weighted by atomic mass is 10.1. The van der Waals surface area contributed by atoms with Crippen LogP contribution in [0, 0.1) is 0 Å². The zero-order valence-corrected chi connectivity index (χ0v) is 21.3. The number of anilines is 4. The number of rotatable bonds is 9. The largest absolute Gasteiger partial charge is 0.474 e. The van der Waals surface area contributed by atoms with E-state index in [4.69, 9.17) is 4.74 Å². The number of piperidine rings is 1. The predicted octanol–water partition coefficient (Wildman–Crippen LogP) is 4.91. The van der Waals surface area contributed by atoms with Crippen LogP contribution in [0.3, 0.4) is 0 Å². The summed E-state index contributed by atoms with van der Waals surface area (Å²) in [6, 6.07) is 23.7. The molecule has 0 radical (unpaired) electrons. The van der Waals surface area contributed by atoms with Gasteiger partial charge in [0.25, 0.3) is 5.91 Å². The fourth-order valence-electron chi connectivity index (χ4n) is 4.25. The Morgan fingerprint density at radius 3 is 2.55 bits per heavy atom. The number of pyridine rings is 1. The Labute approximate surface area is 222 Å². The zero-order valence-electron chi connectivity index (χ0n) is 21.3. The van der Waals surface area contributed by atoms with Gasteiger partial charge in [0.05, 0.1) is 0 Å². The predicted molar refractivity (Wildman–Crippen MR) is 149 cm³/mol. The highest BCUT2D eigenvalue weighted by Crippen LogP contribution is 2.26. The molecule has 1 amide bonds. The van der Waals surface area contributed by atoms with Crippen molar-refractivity contribution in [1.82, 2.24) is 25.6 Å². The number of benzene rings is 2. The van der Waals surface area contributed by atoms with Crippen molar-refractivity contribution in [2.24, 2.45) is 0 Å². The second kappa shape index (κ2) is 12.2. The van der Waals surface area contributed by atoms with Gasteiger partial charge in [0.1, 0.15) is 23.3 Å². The molecule has 0 bridgehead atoms. The van der Waals surface area contributed by atoms with Crippen molar-refractivity contribution in [3.05, 3.63) is 84.6 Å². The fourth-order valence-corrected chi connectivity index (χ4v) is 4.25. The summed E-state index contributed by atoms with van der Waals surface area (Å²) in [6.45, 7) is 4.22. The van der Waals surface area contributed by atoms with Crippen molar-refractivity contribution < 1.29 is 9.53 Å². The molecule has 1 aliphatic heterocycles. The van der Waals surface area contributed by atoms with Gasteiger partial charge in [0, 0.05) is 24.5 Å². The molecule has 38 heavy (non-hydrogen) atoms. The molecule has 2 aromatic heterocycles. The van der Waals surface area contributed by atoms with Gasteiger partial charge < -0.3 is 26.0 Å². The number of hydrogen-bond acceptors (Lipinski definition) is 8. The van der Waals surface area contributed by atoms with Crippen molar-refractivity contribution in [3.8, 4) is 17.0 Å². The van der Waals surface area contributed by atoms with E-state index in [1.165, 1.54) is 6.20 Å². The summed E-state index contributed by atoms with van der Waals surface area (Å²) < 4.78 is 6.08. The first-order valence-corrected chi connectivity index (χ1v) is 12.9. The lowest BCUT2D eigenvalue weighted by Gasteiger charge is -2.23. The Bertz CT molecular complexity index is 1370. The Kier molecular flexibility index (Phi) is 8.05. The van der Waals surface area contributed by atoms with E-state index in [-0.39, 0.29) is 12.0 Å². The number of hydrogen-bond donors (Lipinski definition) is 4. The molecule has 1 aliphatic rings. The number of carbonyl (C=O) groups is 1. The highest BCUT2D eigenvalue weighted by Gasteiger charge is 2.17. The number of nitrogens with zero attached hydrogens (tertiary/aromatic N) is 3. The maximum Gasteiger partial charge on any atom is 0.256 e. The van der Waals surface area contributed by atoms with Crippen molar-refractivity contribution in [1.29, 1.82) is 0 Å². The standard InChI is InChI=1S/C29H31N7O2/c1-2-31-28(37)24-19-32-29(33-22-11-6-10-21(18-22)20-8-4-3-5-9-20)36-27(24)35-25-12-7-13-26(34-25)38-23-14-16-30-17-15-23/h3-13,18-19,23,30H,2,14-17H2,1H3,(H,31,37)(H2,32,33,34,35,36). The first-order chi connectivity index (χ1) is 18.7. The molecule has 2 aromatic carbocycles. The molecule has 0 saturated carbocycles. The van der Waals surface area contributed by atoms with Gasteiger partial charge in [0.15, 0.2) is 0 Å². The number of carbonyl (C=O) groups excluding carboxylic acids is 1. The number of aromatic nitrogens is 3. The topological polar surface area (TPSA) is 113 Å². The third-order valence-corrected chi connectivity index (χ3v) is 6.14. The van der Waals surface area contributed by atoms with Gasteiger partial charge in [-0.1, -0.05) is 48.5 Å². The van der Waals surface area contributed by atoms with Gasteiger partial charge in [-0.3, -0.25) is 4.79 Å². The molecule has 1 saturated heterocycles. The Hall–Kier alpha value is -4.50. The minimum Gasteiger partial charge on any atom is -0.474 e. The summed E-state index contributed by atoms with van der Waals surface area (Å²) in [4.78, 5) is 26.4. The highest BCUT2D eigenvalue weighted by atomic mass is 16.5. The highest BCUT2D eigenvalue weighted by molar-refractivity contribution is 5.99. The molecule has 1 fully saturated rings. The Balaban J connectivity index is 1.38. The van der Waals surface area contributed by atoms with Crippen molar-refractivity contribution >= 4 is 29.2 Å². The Morgan fingerprint density at radius 1 is 0.947 bits per heavy atom. The maximum atomic E-state index is 12.8. The molecule has 0 aliphatic carbocycles. The van der Waals surface area contributed by atoms with E-state index in [1.54, 1.807) is 0 Å². The van der Waals surface area contributed by atoms with Crippen LogP contribution >= 0.6 is 0 Å². The molecule has 194 valence electrons. The molecule has 9 nitrogen and oxygen atoms in total. The van der Waals surface area contributed by atoms with E-state index >= 15 is 0 Å². The first kappa shape index (κ1) is 25.2. The average molecular weight is 510 g/mol. The van der Waals surface area contributed by atoms with Gasteiger partial charge in [-0.15, -0.1) is 0 Å². The molecule has 5 rings (SSSR count). The minimum absolute atomic E-state index is 0.131. The van der Waals surface area contributed by atoms with E-state index in [2.05, 4.69) is 54.4 Å². The van der Waals surface area contributed by atoms with Gasteiger partial charge >= 0.3 is 0 Å². The number of ether oxygens (including phenoxy) is 1. The van der Waals surface area contributed by atoms with E-state index < -0.39 is 0 Å². The van der Waals surface area contributed by atoms with Gasteiger partial charge in [0.2, 0.25) is 11.8 Å². The van der Waals surface area contributed by atoms with Crippen LogP contribution in [0.1, 0.15) is 30.1 Å². The molecular formula is C29H31N7O2. The summed E-state index contributed by atoms with van der Waals surface area (Å²) in [5, 5.41) is 12.6. The SMILES string of the molecule is CCNC(=O)c1cnc(Nc2cccc(-c3ccccc3)c2)nc1Nc1cccc(OC2CCNCC2)n1. The lowest BCUT2D eigenvalue weighted by Crippen LogP contribution is -2.34. The number of amides is 1. The summed E-state index contributed by atoms with van der Waals surface area (Å²) in [6.07, 6.45) is 3.52. The van der Waals surface area contributed by atoms with Crippen LogP contribution in [0.4, 0.5) is 23.3 Å². The maximum absolute atomic E-state index is 12.8. The van der Waals surface area contributed by atoms with E-state index in [1.807, 2.05) is 61.5 Å². The molecular weight excluding hydrogens is 478 g/mol. The van der Waals surface area contributed by atoms with Gasteiger partial charge in [-0.25, -0.2) is 4.98 Å². The quantitative estimate of drug-likeness (QED) is 0.252. The van der Waals surface area contributed by atoms with Crippen LogP contribution < -0.4 is 26.0 Å². The minimum atomic E-state index is -0.269. The smallest absolute Gasteiger partial charge is 0.256 e. The zero-order chi connectivity index (χ0) is 26.2. The van der Waals surface area contributed by atoms with Crippen LogP contribution in [-0.2, 0) is 0 Å². The van der Waals surface area contributed by atoms with E-state index in [0.717, 1.165) is 42.7 Å². The molecule has 3 heterocycles. The van der Waals surface area contributed by atoms with Crippen molar-refractivity contribution in [2.45, 2.75) is 25.9 Å². The average Bonchev–Trinajstić information content (AvgIpc) is 2.95. The van der Waals surface area contributed by atoms with Gasteiger partial charge in [-0.2, -0.15) is 9.97 Å². The van der Waals surface area contributed by atoms with Crippen LogP contribution in [0.5, 0.6) is 5.88 Å². The summed E-state index contributed by atoms with van der Waals surface area (Å²) >= 11 is 0. The van der Waals surface area contributed by atoms with Gasteiger partial charge in [-0.05, 0) is 62.2 Å². The summed E-state index contributed by atoms with van der Waals surface area (Å²) in [5.41, 5.74) is 3.34. The van der Waals surface area contributed by atoms with E-state index in [9.17, 15) is 4.79 Å². The summed E-state index contributed by atoms with van der Waals surface area (Å²) in [5.74, 6) is 1.49. The molecule has 0 spiro atoms. The third-order valence-electron chi connectivity index (χ3n) is 6.14. The molecule has 0 unspecified atom stereocenters. The van der Waals surface area contributed by atoms with Crippen LogP contribution in [-0.4, -0.2) is 46.6 Å². The monoisotopic (exact) mass is 509 g/mol. The number of nitrogens with one attached hydrogen (secondary N) is 4. The normalized spacial score (nSPS) is 13.5. The fraction of sp³-hybridized carbons (Fsp3) is 0.241. The van der Waals surface area contributed by atoms with Crippen LogP contribution in [0.2, 0.25) is 0 Å². The molecule has 9 heteroatoms. The molecule has 4 aromatic rings. The van der Waals surface area contributed by atoms with Crippen molar-refractivity contribution in [3.63, 3.8) is 0 Å². The van der Waals surface area contributed by atoms with Crippen LogP contribution in [0.25, 0.3) is 11.1 Å². The van der Waals surface area contributed by atoms with Crippen LogP contribution in [0.15, 0.2) is 79.0 Å².